The molecule has 0 radical (unpaired) electrons. The number of carbonyl (C=O) groups excluding carboxylic acids is 2. The number of rotatable bonds is 5. The molecule has 3 aromatic heterocycles. The molecule has 3 heterocycles. The van der Waals surface area contributed by atoms with Crippen LogP contribution in [-0.4, -0.2) is 58.8 Å². The van der Waals surface area contributed by atoms with Gasteiger partial charge in [0.25, 0.3) is 11.8 Å². The Hall–Kier alpha value is -1.90. The van der Waals surface area contributed by atoms with E-state index in [2.05, 4.69) is 9.97 Å². The number of nitrogens with one attached hydrogen (secondary N) is 1. The quantitative estimate of drug-likeness (QED) is 0.736. The molecule has 2 amide bonds. The van der Waals surface area contributed by atoms with Crippen molar-refractivity contribution in [3.05, 3.63) is 38.7 Å². The molecule has 126 valence electrons. The number of likely N-dealkylation sites (N-methyl/N-ethyl adjacent to an activating group) is 2. The van der Waals surface area contributed by atoms with Crippen LogP contribution in [0.15, 0.2) is 23.8 Å². The molecule has 6 nitrogen and oxygen atoms in total. The molecule has 24 heavy (non-hydrogen) atoms. The van der Waals surface area contributed by atoms with E-state index in [-0.39, 0.29) is 17.0 Å². The Balaban J connectivity index is 1.59. The third-order valence-electron chi connectivity index (χ3n) is 3.63. The molecule has 0 fully saturated rings. The first-order valence-corrected chi connectivity index (χ1v) is 9.21. The normalized spacial score (nSPS) is 11.0. The molecule has 1 N–H and O–H groups in total. The first kappa shape index (κ1) is 16.9. The number of aromatic amines is 1. The molecule has 0 saturated carbocycles. The van der Waals surface area contributed by atoms with Crippen molar-refractivity contribution in [2.75, 3.05) is 27.2 Å². The molecule has 0 aliphatic carbocycles. The Morgan fingerprint density at radius 3 is 2.58 bits per heavy atom. The minimum absolute atomic E-state index is 0.0544. The Kier molecular flexibility index (Phi) is 4.88. The summed E-state index contributed by atoms with van der Waals surface area (Å²) in [5.41, 5.74) is 2.50. The van der Waals surface area contributed by atoms with Gasteiger partial charge in [-0.05, 0) is 12.1 Å². The lowest BCUT2D eigenvalue weighted by atomic mass is 10.3. The zero-order chi connectivity index (χ0) is 17.3. The lowest BCUT2D eigenvalue weighted by Gasteiger charge is -2.21. The second kappa shape index (κ2) is 6.92. The lowest BCUT2D eigenvalue weighted by molar-refractivity contribution is 0.0723. The van der Waals surface area contributed by atoms with Crippen molar-refractivity contribution in [3.63, 3.8) is 0 Å². The number of hydrogen-bond donors (Lipinski definition) is 1. The van der Waals surface area contributed by atoms with Gasteiger partial charge in [0.2, 0.25) is 0 Å². The fourth-order valence-electron chi connectivity index (χ4n) is 2.19. The van der Waals surface area contributed by atoms with E-state index < -0.39 is 0 Å². The SMILES string of the molecule is CN(CCN(C)C(=O)c1scnc1Cl)C(=O)c1cc2[nH]ccc2s1. The summed E-state index contributed by atoms with van der Waals surface area (Å²) in [5, 5.41) is 0.218. The maximum atomic E-state index is 12.5. The van der Waals surface area contributed by atoms with Crippen molar-refractivity contribution in [1.29, 1.82) is 0 Å². The molecule has 0 bridgehead atoms. The summed E-state index contributed by atoms with van der Waals surface area (Å²) in [6.07, 6.45) is 1.85. The summed E-state index contributed by atoms with van der Waals surface area (Å²) >= 11 is 8.55. The molecule has 0 aliphatic heterocycles. The minimum Gasteiger partial charge on any atom is -0.360 e. The number of thiazole rings is 1. The van der Waals surface area contributed by atoms with Crippen LogP contribution in [0.2, 0.25) is 5.15 Å². The molecule has 0 aromatic carbocycles. The van der Waals surface area contributed by atoms with Crippen LogP contribution in [0.3, 0.4) is 0 Å². The highest BCUT2D eigenvalue weighted by Crippen LogP contribution is 2.25. The van der Waals surface area contributed by atoms with Gasteiger partial charge in [0.15, 0.2) is 5.15 Å². The topological polar surface area (TPSA) is 69.3 Å². The second-order valence-electron chi connectivity index (χ2n) is 5.29. The summed E-state index contributed by atoms with van der Waals surface area (Å²) in [4.78, 5) is 35.9. The standard InChI is InChI=1S/C15H15ClN4O2S2/c1-19(14(21)11-7-9-10(24-11)3-4-17-9)5-6-20(2)15(22)12-13(16)18-8-23-12/h3-4,7-8,17H,5-6H2,1-2H3. The summed E-state index contributed by atoms with van der Waals surface area (Å²) in [7, 11) is 3.42. The molecule has 3 aromatic rings. The summed E-state index contributed by atoms with van der Waals surface area (Å²) in [6.45, 7) is 0.849. The van der Waals surface area contributed by atoms with E-state index in [0.29, 0.717) is 22.8 Å². The van der Waals surface area contributed by atoms with Crippen molar-refractivity contribution in [3.8, 4) is 0 Å². The highest BCUT2D eigenvalue weighted by molar-refractivity contribution is 7.20. The second-order valence-corrected chi connectivity index (χ2v) is 7.59. The molecular formula is C15H15ClN4O2S2. The van der Waals surface area contributed by atoms with Gasteiger partial charge in [0.1, 0.15) is 4.88 Å². The Labute approximate surface area is 151 Å². The van der Waals surface area contributed by atoms with Gasteiger partial charge in [-0.2, -0.15) is 0 Å². The third-order valence-corrected chi connectivity index (χ3v) is 5.93. The molecule has 0 atom stereocenters. The number of amides is 2. The van der Waals surface area contributed by atoms with Crippen molar-refractivity contribution in [2.45, 2.75) is 0 Å². The Morgan fingerprint density at radius 1 is 1.25 bits per heavy atom. The van der Waals surface area contributed by atoms with Crippen LogP contribution in [0.1, 0.15) is 19.3 Å². The number of carbonyl (C=O) groups is 2. The third kappa shape index (κ3) is 3.31. The zero-order valence-electron chi connectivity index (χ0n) is 13.1. The van der Waals surface area contributed by atoms with Crippen LogP contribution in [-0.2, 0) is 0 Å². The number of H-pyrrole nitrogens is 1. The Morgan fingerprint density at radius 2 is 1.96 bits per heavy atom. The van der Waals surface area contributed by atoms with Gasteiger partial charge < -0.3 is 14.8 Å². The molecular weight excluding hydrogens is 368 g/mol. The van der Waals surface area contributed by atoms with E-state index in [1.807, 2.05) is 18.3 Å². The van der Waals surface area contributed by atoms with Gasteiger partial charge in [-0.25, -0.2) is 4.98 Å². The number of aromatic nitrogens is 2. The lowest BCUT2D eigenvalue weighted by Crippen LogP contribution is -2.37. The van der Waals surface area contributed by atoms with Crippen LogP contribution in [0, 0.1) is 0 Å². The fourth-order valence-corrected chi connectivity index (χ4v) is 4.20. The van der Waals surface area contributed by atoms with Crippen molar-refractivity contribution < 1.29 is 9.59 Å². The molecule has 0 saturated heterocycles. The molecule has 0 spiro atoms. The van der Waals surface area contributed by atoms with E-state index in [1.54, 1.807) is 23.9 Å². The molecule has 9 heteroatoms. The van der Waals surface area contributed by atoms with Gasteiger partial charge in [-0.3, -0.25) is 9.59 Å². The minimum atomic E-state index is -0.187. The van der Waals surface area contributed by atoms with E-state index in [4.69, 9.17) is 11.6 Å². The maximum Gasteiger partial charge on any atom is 0.266 e. The van der Waals surface area contributed by atoms with Crippen molar-refractivity contribution in [1.82, 2.24) is 19.8 Å². The molecule has 0 unspecified atom stereocenters. The average molecular weight is 383 g/mol. The largest absolute Gasteiger partial charge is 0.360 e. The van der Waals surface area contributed by atoms with Crippen LogP contribution in [0.25, 0.3) is 10.2 Å². The smallest absolute Gasteiger partial charge is 0.266 e. The van der Waals surface area contributed by atoms with E-state index in [1.165, 1.54) is 28.2 Å². The highest BCUT2D eigenvalue weighted by atomic mass is 35.5. The first-order chi connectivity index (χ1) is 11.5. The Bertz CT molecular complexity index is 856. The van der Waals surface area contributed by atoms with E-state index in [0.717, 1.165) is 10.2 Å². The summed E-state index contributed by atoms with van der Waals surface area (Å²) in [5.74, 6) is -0.242. The maximum absolute atomic E-state index is 12.5. The number of hydrogen-bond acceptors (Lipinski definition) is 5. The van der Waals surface area contributed by atoms with Gasteiger partial charge in [-0.1, -0.05) is 11.6 Å². The van der Waals surface area contributed by atoms with Crippen LogP contribution in [0.4, 0.5) is 0 Å². The van der Waals surface area contributed by atoms with E-state index in [9.17, 15) is 9.59 Å². The van der Waals surface area contributed by atoms with Crippen LogP contribution < -0.4 is 0 Å². The fraction of sp³-hybridized carbons (Fsp3) is 0.267. The monoisotopic (exact) mass is 382 g/mol. The van der Waals surface area contributed by atoms with Gasteiger partial charge in [0.05, 0.1) is 20.6 Å². The average Bonchev–Trinajstić information content (AvgIpc) is 3.26. The predicted octanol–water partition coefficient (Wildman–Crippen LogP) is 3.18. The van der Waals surface area contributed by atoms with Crippen LogP contribution in [0.5, 0.6) is 0 Å². The number of thiophene rings is 1. The van der Waals surface area contributed by atoms with Crippen LogP contribution >= 0.6 is 34.3 Å². The van der Waals surface area contributed by atoms with Gasteiger partial charge >= 0.3 is 0 Å². The van der Waals surface area contributed by atoms with Gasteiger partial charge in [0, 0.05) is 33.4 Å². The first-order valence-electron chi connectivity index (χ1n) is 7.14. The summed E-state index contributed by atoms with van der Waals surface area (Å²) in [6, 6.07) is 3.80. The zero-order valence-corrected chi connectivity index (χ0v) is 15.5. The van der Waals surface area contributed by atoms with Crippen molar-refractivity contribution >= 4 is 56.3 Å². The summed E-state index contributed by atoms with van der Waals surface area (Å²) < 4.78 is 1.05. The number of nitrogens with zero attached hydrogens (tertiary/aromatic N) is 3. The molecule has 3 rings (SSSR count). The van der Waals surface area contributed by atoms with E-state index >= 15 is 0 Å². The predicted molar refractivity (Wildman–Crippen MR) is 97.2 cm³/mol. The molecule has 0 aliphatic rings. The number of fused-ring (bicyclic) bond motifs is 1. The highest BCUT2D eigenvalue weighted by Gasteiger charge is 2.20. The van der Waals surface area contributed by atoms with Crippen molar-refractivity contribution in [2.24, 2.45) is 0 Å². The van der Waals surface area contributed by atoms with Gasteiger partial charge in [-0.15, -0.1) is 22.7 Å². The number of halogens is 1.